The molecule has 4 heteroatoms. The van der Waals surface area contributed by atoms with Gasteiger partial charge in [0.1, 0.15) is 18.2 Å². The van der Waals surface area contributed by atoms with Crippen molar-refractivity contribution in [1.82, 2.24) is 4.90 Å². The van der Waals surface area contributed by atoms with Crippen molar-refractivity contribution in [3.05, 3.63) is 23.9 Å². The molecular formula is C13H20FNO2. The number of Topliss-reactive ketones (excluding diaryl/α,β-unsaturated/α-hetero) is 1. The molecule has 2 unspecified atom stereocenters. The Morgan fingerprint density at radius 2 is 2.18 bits per heavy atom. The molecule has 17 heavy (non-hydrogen) atoms. The number of aliphatic hydroxyl groups excluding tert-OH is 1. The summed E-state index contributed by atoms with van der Waals surface area (Å²) in [6.45, 7) is 4.52. The fourth-order valence-corrected chi connectivity index (χ4v) is 1.91. The first-order valence-corrected chi connectivity index (χ1v) is 6.15. The number of hydrogen-bond acceptors (Lipinski definition) is 3. The predicted octanol–water partition coefficient (Wildman–Crippen LogP) is 2.18. The van der Waals surface area contributed by atoms with E-state index in [9.17, 15) is 14.3 Å². The summed E-state index contributed by atoms with van der Waals surface area (Å²) in [6, 6.07) is 0. The minimum absolute atomic E-state index is 0.0857. The van der Waals surface area contributed by atoms with Crippen molar-refractivity contribution in [3.8, 4) is 0 Å². The highest BCUT2D eigenvalue weighted by atomic mass is 19.1. The Labute approximate surface area is 102 Å². The first-order chi connectivity index (χ1) is 8.16. The summed E-state index contributed by atoms with van der Waals surface area (Å²) in [5.41, 5.74) is 0.823. The van der Waals surface area contributed by atoms with Gasteiger partial charge in [-0.3, -0.25) is 4.79 Å². The van der Waals surface area contributed by atoms with Crippen LogP contribution in [-0.2, 0) is 4.79 Å². The average Bonchev–Trinajstić information content (AvgIpc) is 2.33. The summed E-state index contributed by atoms with van der Waals surface area (Å²) in [4.78, 5) is 12.8. The molecule has 2 rings (SSSR count). The number of piperidine rings is 1. The monoisotopic (exact) mass is 241 g/mol. The number of alkyl halides is 1. The normalized spacial score (nSPS) is 28.4. The van der Waals surface area contributed by atoms with Crippen molar-refractivity contribution in [2.45, 2.75) is 45.5 Å². The maximum atomic E-state index is 12.8. The van der Waals surface area contributed by atoms with Crippen LogP contribution in [0.3, 0.4) is 0 Å². The lowest BCUT2D eigenvalue weighted by Gasteiger charge is -2.35. The van der Waals surface area contributed by atoms with Crippen LogP contribution in [0.5, 0.6) is 0 Å². The molecule has 0 aromatic carbocycles. The number of allylic oxidation sites excluding steroid dienone is 3. The second kappa shape index (κ2) is 6.55. The van der Waals surface area contributed by atoms with E-state index in [1.807, 2.05) is 13.8 Å². The Kier molecular flexibility index (Phi) is 5.35. The molecule has 0 spiro atoms. The Morgan fingerprint density at radius 3 is 2.71 bits per heavy atom. The van der Waals surface area contributed by atoms with E-state index in [1.165, 1.54) is 6.08 Å². The molecule has 1 heterocycles. The highest BCUT2D eigenvalue weighted by Gasteiger charge is 2.26. The number of carbonyl (C=O) groups is 1. The molecule has 1 saturated heterocycles. The Bertz CT molecular complexity index is 325. The van der Waals surface area contributed by atoms with E-state index in [4.69, 9.17) is 0 Å². The van der Waals surface area contributed by atoms with Gasteiger partial charge in [0.15, 0.2) is 0 Å². The van der Waals surface area contributed by atoms with Crippen LogP contribution >= 0.6 is 0 Å². The molecule has 0 aromatic rings. The summed E-state index contributed by atoms with van der Waals surface area (Å²) in [7, 11) is 0. The molecule has 0 aromatic heterocycles. The van der Waals surface area contributed by atoms with E-state index in [0.717, 1.165) is 5.70 Å². The van der Waals surface area contributed by atoms with Gasteiger partial charge in [-0.15, -0.1) is 0 Å². The van der Waals surface area contributed by atoms with Gasteiger partial charge in [-0.2, -0.15) is 0 Å². The molecule has 0 amide bonds. The number of nitrogens with zero attached hydrogens (tertiary/aromatic N) is 1. The van der Waals surface area contributed by atoms with Crippen LogP contribution in [0.1, 0.15) is 33.1 Å². The zero-order valence-corrected chi connectivity index (χ0v) is 10.4. The number of rotatable bonds is 1. The third-order valence-electron chi connectivity index (χ3n) is 2.76. The highest BCUT2D eigenvalue weighted by molar-refractivity contribution is 5.79. The lowest BCUT2D eigenvalue weighted by molar-refractivity contribution is -0.128. The Morgan fingerprint density at radius 1 is 1.47 bits per heavy atom. The molecular weight excluding hydrogens is 221 g/mol. The van der Waals surface area contributed by atoms with Gasteiger partial charge in [-0.1, -0.05) is 19.9 Å². The molecule has 1 aliphatic heterocycles. The topological polar surface area (TPSA) is 40.5 Å². The van der Waals surface area contributed by atoms with Gasteiger partial charge < -0.3 is 10.0 Å². The van der Waals surface area contributed by atoms with Crippen molar-refractivity contribution in [2.24, 2.45) is 0 Å². The van der Waals surface area contributed by atoms with E-state index in [0.29, 0.717) is 19.4 Å². The quantitative estimate of drug-likeness (QED) is 0.765. The number of likely N-dealkylation sites (tertiary alicyclic amines) is 1. The molecule has 96 valence electrons. The predicted molar refractivity (Wildman–Crippen MR) is 65.0 cm³/mol. The number of halogens is 1. The largest absolute Gasteiger partial charge is 0.373 e. The molecule has 2 aliphatic rings. The Hall–Kier alpha value is -1.16. The van der Waals surface area contributed by atoms with Gasteiger partial charge in [0.05, 0.1) is 6.42 Å². The van der Waals surface area contributed by atoms with E-state index in [-0.39, 0.29) is 12.2 Å². The second-order valence-electron chi connectivity index (χ2n) is 3.91. The van der Waals surface area contributed by atoms with Crippen LogP contribution < -0.4 is 0 Å². The molecule has 1 N–H and O–H groups in total. The first kappa shape index (κ1) is 13.9. The number of ketones is 1. The third-order valence-corrected chi connectivity index (χ3v) is 2.76. The smallest absolute Gasteiger partial charge is 0.139 e. The van der Waals surface area contributed by atoms with Crippen molar-refractivity contribution in [3.63, 3.8) is 0 Å². The van der Waals surface area contributed by atoms with E-state index >= 15 is 0 Å². The summed E-state index contributed by atoms with van der Waals surface area (Å²) < 4.78 is 12.8. The van der Waals surface area contributed by atoms with Gasteiger partial charge >= 0.3 is 0 Å². The molecule has 0 radical (unpaired) electrons. The fourth-order valence-electron chi connectivity index (χ4n) is 1.91. The second-order valence-corrected chi connectivity index (χ2v) is 3.91. The molecule has 3 nitrogen and oxygen atoms in total. The molecule has 2 atom stereocenters. The van der Waals surface area contributed by atoms with Gasteiger partial charge in [0.25, 0.3) is 0 Å². The third kappa shape index (κ3) is 3.66. The van der Waals surface area contributed by atoms with Crippen LogP contribution in [0.15, 0.2) is 23.9 Å². The zero-order chi connectivity index (χ0) is 12.8. The molecule has 0 bridgehead atoms. The molecule has 1 aliphatic carbocycles. The standard InChI is InChI=1S/C11H14FNO2.C2H6/c12-8-1-3-9(4-2-8)13-6-5-10(14)7-11(13)15;1-2/h1,3-4,8,11,15H,2,5-7H2;1-2H3. The summed E-state index contributed by atoms with van der Waals surface area (Å²) >= 11 is 0. The van der Waals surface area contributed by atoms with Crippen LogP contribution in [0.2, 0.25) is 0 Å². The molecule has 0 saturated carbocycles. The van der Waals surface area contributed by atoms with Gasteiger partial charge in [0.2, 0.25) is 0 Å². The van der Waals surface area contributed by atoms with E-state index in [2.05, 4.69) is 0 Å². The SMILES string of the molecule is CC.O=C1CCN(C2=CCC(F)C=C2)C(O)C1. The van der Waals surface area contributed by atoms with Crippen molar-refractivity contribution < 1.29 is 14.3 Å². The van der Waals surface area contributed by atoms with E-state index < -0.39 is 12.4 Å². The molecule has 1 fully saturated rings. The van der Waals surface area contributed by atoms with Crippen LogP contribution in [0.4, 0.5) is 4.39 Å². The average molecular weight is 241 g/mol. The van der Waals surface area contributed by atoms with Crippen molar-refractivity contribution in [1.29, 1.82) is 0 Å². The minimum Gasteiger partial charge on any atom is -0.373 e. The fraction of sp³-hybridized carbons (Fsp3) is 0.615. The summed E-state index contributed by atoms with van der Waals surface area (Å²) in [5.74, 6) is 0.0857. The van der Waals surface area contributed by atoms with Gasteiger partial charge in [0, 0.05) is 25.1 Å². The lowest BCUT2D eigenvalue weighted by atomic mass is 10.0. The summed E-state index contributed by atoms with van der Waals surface area (Å²) in [6.07, 6.45) is 4.24. The van der Waals surface area contributed by atoms with Gasteiger partial charge in [-0.05, 0) is 12.2 Å². The Balaban J connectivity index is 0.000000686. The summed E-state index contributed by atoms with van der Waals surface area (Å²) in [5, 5.41) is 9.69. The number of carbonyl (C=O) groups excluding carboxylic acids is 1. The first-order valence-electron chi connectivity index (χ1n) is 6.15. The van der Waals surface area contributed by atoms with E-state index in [1.54, 1.807) is 17.1 Å². The minimum atomic E-state index is -0.919. The van der Waals surface area contributed by atoms with Crippen molar-refractivity contribution >= 4 is 5.78 Å². The lowest BCUT2D eigenvalue weighted by Crippen LogP contribution is -2.41. The van der Waals surface area contributed by atoms with Gasteiger partial charge in [-0.25, -0.2) is 4.39 Å². The number of aliphatic hydroxyl groups is 1. The number of hydrogen-bond donors (Lipinski definition) is 1. The van der Waals surface area contributed by atoms with Crippen molar-refractivity contribution in [2.75, 3.05) is 6.54 Å². The maximum absolute atomic E-state index is 12.8. The maximum Gasteiger partial charge on any atom is 0.139 e. The highest BCUT2D eigenvalue weighted by Crippen LogP contribution is 2.22. The van der Waals surface area contributed by atoms with Crippen LogP contribution in [-0.4, -0.2) is 34.7 Å². The van der Waals surface area contributed by atoms with Crippen LogP contribution in [0, 0.1) is 0 Å². The van der Waals surface area contributed by atoms with Crippen LogP contribution in [0.25, 0.3) is 0 Å². The zero-order valence-electron chi connectivity index (χ0n) is 10.4.